The lowest BCUT2D eigenvalue weighted by Gasteiger charge is -2.15. The molecule has 4 nitrogen and oxygen atoms in total. The summed E-state index contributed by atoms with van der Waals surface area (Å²) >= 11 is 6.06. The Labute approximate surface area is 117 Å². The third kappa shape index (κ3) is 2.33. The molecule has 3 rings (SSSR count). The first kappa shape index (κ1) is 12.5. The molecule has 2 aromatic rings. The maximum atomic E-state index is 6.06. The van der Waals surface area contributed by atoms with Gasteiger partial charge in [-0.15, -0.1) is 0 Å². The summed E-state index contributed by atoms with van der Waals surface area (Å²) in [5.41, 5.74) is 2.20. The van der Waals surface area contributed by atoms with E-state index in [1.807, 2.05) is 30.7 Å². The highest BCUT2D eigenvalue weighted by atomic mass is 35.5. The fourth-order valence-electron chi connectivity index (χ4n) is 2.51. The Morgan fingerprint density at radius 3 is 3.11 bits per heavy atom. The molecule has 0 radical (unpaired) electrons. The number of aromatic nitrogens is 2. The van der Waals surface area contributed by atoms with Crippen molar-refractivity contribution in [3.63, 3.8) is 0 Å². The van der Waals surface area contributed by atoms with Crippen LogP contribution in [0.1, 0.15) is 24.6 Å². The number of halogens is 1. The fraction of sp³-hybridized carbons (Fsp3) is 0.357. The second kappa shape index (κ2) is 5.23. The van der Waals surface area contributed by atoms with Gasteiger partial charge in [0.15, 0.2) is 0 Å². The summed E-state index contributed by atoms with van der Waals surface area (Å²) in [6.07, 6.45) is 6.11. The van der Waals surface area contributed by atoms with E-state index in [1.54, 1.807) is 7.11 Å². The lowest BCUT2D eigenvalue weighted by Crippen LogP contribution is -2.16. The first-order valence-corrected chi connectivity index (χ1v) is 6.77. The standard InChI is InChI=1S/C14H16ClN3O/c1-19-14-7-10(4-5-11(14)15)18-9-16-8-13(18)12-3-2-6-17-12/h4-5,7-9,12,17H,2-3,6H2,1H3/t12-/m0/s1. The van der Waals surface area contributed by atoms with Crippen molar-refractivity contribution in [1.29, 1.82) is 0 Å². The molecule has 1 aliphatic rings. The normalized spacial score (nSPS) is 18.7. The zero-order valence-electron chi connectivity index (χ0n) is 10.8. The third-order valence-electron chi connectivity index (χ3n) is 3.50. The molecule has 0 saturated carbocycles. The van der Waals surface area contributed by atoms with Gasteiger partial charge in [-0.25, -0.2) is 4.98 Å². The number of ether oxygens (including phenoxy) is 1. The highest BCUT2D eigenvalue weighted by Gasteiger charge is 2.20. The molecular weight excluding hydrogens is 262 g/mol. The van der Waals surface area contributed by atoms with Crippen LogP contribution >= 0.6 is 11.6 Å². The molecule has 2 heterocycles. The van der Waals surface area contributed by atoms with Crippen LogP contribution in [0, 0.1) is 0 Å². The molecule has 1 atom stereocenters. The van der Waals surface area contributed by atoms with Gasteiger partial charge < -0.3 is 14.6 Å². The third-order valence-corrected chi connectivity index (χ3v) is 3.81. The van der Waals surface area contributed by atoms with Gasteiger partial charge in [0.2, 0.25) is 0 Å². The number of nitrogens with zero attached hydrogens (tertiary/aromatic N) is 2. The Morgan fingerprint density at radius 1 is 1.47 bits per heavy atom. The van der Waals surface area contributed by atoms with Gasteiger partial charge in [-0.1, -0.05) is 11.6 Å². The first-order valence-electron chi connectivity index (χ1n) is 6.39. The summed E-state index contributed by atoms with van der Waals surface area (Å²) < 4.78 is 7.35. The van der Waals surface area contributed by atoms with E-state index in [9.17, 15) is 0 Å². The molecule has 1 aromatic carbocycles. The summed E-state index contributed by atoms with van der Waals surface area (Å²) in [4.78, 5) is 4.27. The Morgan fingerprint density at radius 2 is 2.37 bits per heavy atom. The molecule has 1 aromatic heterocycles. The van der Waals surface area contributed by atoms with Crippen molar-refractivity contribution in [2.45, 2.75) is 18.9 Å². The van der Waals surface area contributed by atoms with Gasteiger partial charge in [-0.2, -0.15) is 0 Å². The Bertz CT molecular complexity index is 576. The molecule has 1 aliphatic heterocycles. The minimum atomic E-state index is 0.379. The van der Waals surface area contributed by atoms with Gasteiger partial charge >= 0.3 is 0 Å². The summed E-state index contributed by atoms with van der Waals surface area (Å²) in [5, 5.41) is 4.11. The van der Waals surface area contributed by atoms with Gasteiger partial charge in [0.25, 0.3) is 0 Å². The van der Waals surface area contributed by atoms with E-state index >= 15 is 0 Å². The monoisotopic (exact) mass is 277 g/mol. The van der Waals surface area contributed by atoms with Gasteiger partial charge in [0, 0.05) is 12.1 Å². The van der Waals surface area contributed by atoms with E-state index in [2.05, 4.69) is 14.9 Å². The quantitative estimate of drug-likeness (QED) is 0.937. The summed E-state index contributed by atoms with van der Waals surface area (Å²) in [7, 11) is 1.62. The van der Waals surface area contributed by atoms with Crippen molar-refractivity contribution in [1.82, 2.24) is 14.9 Å². The molecule has 1 N–H and O–H groups in total. The van der Waals surface area contributed by atoms with E-state index in [0.717, 1.165) is 18.7 Å². The first-order chi connectivity index (χ1) is 9.29. The predicted octanol–water partition coefficient (Wildman–Crippen LogP) is 2.96. The second-order valence-corrected chi connectivity index (χ2v) is 5.06. The molecule has 1 saturated heterocycles. The van der Waals surface area contributed by atoms with E-state index in [1.165, 1.54) is 12.1 Å². The number of rotatable bonds is 3. The smallest absolute Gasteiger partial charge is 0.139 e. The van der Waals surface area contributed by atoms with Crippen molar-refractivity contribution in [2.75, 3.05) is 13.7 Å². The largest absolute Gasteiger partial charge is 0.495 e. The van der Waals surface area contributed by atoms with E-state index < -0.39 is 0 Å². The molecule has 1 fully saturated rings. The Kier molecular flexibility index (Phi) is 3.44. The fourth-order valence-corrected chi connectivity index (χ4v) is 2.71. The topological polar surface area (TPSA) is 39.1 Å². The zero-order chi connectivity index (χ0) is 13.2. The van der Waals surface area contributed by atoms with Gasteiger partial charge in [-0.05, 0) is 31.5 Å². The lowest BCUT2D eigenvalue weighted by atomic mass is 10.1. The highest BCUT2D eigenvalue weighted by molar-refractivity contribution is 6.32. The molecule has 0 aliphatic carbocycles. The van der Waals surface area contributed by atoms with Gasteiger partial charge in [0.1, 0.15) is 5.75 Å². The molecule has 0 bridgehead atoms. The van der Waals surface area contributed by atoms with E-state index in [0.29, 0.717) is 16.8 Å². The number of imidazole rings is 1. The summed E-state index contributed by atoms with van der Waals surface area (Å²) in [6, 6.07) is 6.14. The van der Waals surface area contributed by atoms with Crippen molar-refractivity contribution >= 4 is 11.6 Å². The van der Waals surface area contributed by atoms with E-state index in [-0.39, 0.29) is 0 Å². The summed E-state index contributed by atoms with van der Waals surface area (Å²) in [5.74, 6) is 0.679. The molecule has 5 heteroatoms. The van der Waals surface area contributed by atoms with Gasteiger partial charge in [-0.3, -0.25) is 0 Å². The van der Waals surface area contributed by atoms with Gasteiger partial charge in [0.05, 0.1) is 36.0 Å². The van der Waals surface area contributed by atoms with Crippen LogP contribution in [0.3, 0.4) is 0 Å². The van der Waals surface area contributed by atoms with Crippen LogP contribution in [0.25, 0.3) is 5.69 Å². The average molecular weight is 278 g/mol. The molecule has 0 unspecified atom stereocenters. The molecule has 100 valence electrons. The Balaban J connectivity index is 2.00. The number of hydrogen-bond acceptors (Lipinski definition) is 3. The minimum Gasteiger partial charge on any atom is -0.495 e. The average Bonchev–Trinajstić information content (AvgIpc) is 3.09. The number of nitrogens with one attached hydrogen (secondary N) is 1. The maximum absolute atomic E-state index is 6.06. The maximum Gasteiger partial charge on any atom is 0.139 e. The number of methoxy groups -OCH3 is 1. The number of hydrogen-bond donors (Lipinski definition) is 1. The SMILES string of the molecule is COc1cc(-n2cncc2[C@@H]2CCCN2)ccc1Cl. The van der Waals surface area contributed by atoms with E-state index in [4.69, 9.17) is 16.3 Å². The van der Waals surface area contributed by atoms with Crippen molar-refractivity contribution in [3.8, 4) is 11.4 Å². The highest BCUT2D eigenvalue weighted by Crippen LogP contribution is 2.29. The predicted molar refractivity (Wildman–Crippen MR) is 75.1 cm³/mol. The van der Waals surface area contributed by atoms with Crippen LogP contribution in [0.4, 0.5) is 0 Å². The summed E-state index contributed by atoms with van der Waals surface area (Å²) in [6.45, 7) is 1.07. The molecule has 0 amide bonds. The minimum absolute atomic E-state index is 0.379. The molecule has 0 spiro atoms. The van der Waals surface area contributed by atoms with Crippen LogP contribution in [-0.4, -0.2) is 23.2 Å². The van der Waals surface area contributed by atoms with Crippen LogP contribution < -0.4 is 10.1 Å². The molecular formula is C14H16ClN3O. The van der Waals surface area contributed by atoms with Crippen LogP contribution in [0.15, 0.2) is 30.7 Å². The second-order valence-electron chi connectivity index (χ2n) is 4.66. The Hall–Kier alpha value is -1.52. The molecule has 19 heavy (non-hydrogen) atoms. The lowest BCUT2D eigenvalue weighted by molar-refractivity contribution is 0.415. The number of benzene rings is 1. The van der Waals surface area contributed by atoms with Crippen LogP contribution in [0.5, 0.6) is 5.75 Å². The van der Waals surface area contributed by atoms with Crippen molar-refractivity contribution in [2.24, 2.45) is 0 Å². The van der Waals surface area contributed by atoms with Crippen molar-refractivity contribution in [3.05, 3.63) is 41.4 Å². The zero-order valence-corrected chi connectivity index (χ0v) is 11.5. The van der Waals surface area contributed by atoms with Crippen LogP contribution in [0.2, 0.25) is 5.02 Å². The van der Waals surface area contributed by atoms with Crippen molar-refractivity contribution < 1.29 is 4.74 Å². The van der Waals surface area contributed by atoms with Crippen LogP contribution in [-0.2, 0) is 0 Å².